The molecule has 0 bridgehead atoms. The molecule has 1 aromatic rings. The van der Waals surface area contributed by atoms with Crippen molar-refractivity contribution in [3.63, 3.8) is 0 Å². The van der Waals surface area contributed by atoms with Crippen molar-refractivity contribution in [3.8, 4) is 0 Å². The molecule has 1 saturated heterocycles. The molecule has 2 nitrogen and oxygen atoms in total. The maximum Gasteiger partial charge on any atom is 0.0320 e. The summed E-state index contributed by atoms with van der Waals surface area (Å²) in [6.45, 7) is 10.4. The lowest BCUT2D eigenvalue weighted by molar-refractivity contribution is 0.157. The van der Waals surface area contributed by atoms with E-state index in [4.69, 9.17) is 0 Å². The summed E-state index contributed by atoms with van der Waals surface area (Å²) in [5.41, 5.74) is 1.70. The molecule has 1 aliphatic rings. The van der Waals surface area contributed by atoms with Gasteiger partial charge in [-0.05, 0) is 50.4 Å². The maximum absolute atomic E-state index is 3.79. The van der Waals surface area contributed by atoms with Crippen LogP contribution in [0.5, 0.6) is 0 Å². The van der Waals surface area contributed by atoms with Crippen LogP contribution in [-0.2, 0) is 0 Å². The molecule has 1 heterocycles. The third-order valence-corrected chi connectivity index (χ3v) is 5.41. The molecule has 1 fully saturated rings. The van der Waals surface area contributed by atoms with Crippen molar-refractivity contribution in [2.45, 2.75) is 51.6 Å². The first-order valence-electron chi connectivity index (χ1n) is 7.85. The van der Waals surface area contributed by atoms with E-state index in [9.17, 15) is 0 Å². The van der Waals surface area contributed by atoms with Gasteiger partial charge in [-0.3, -0.25) is 4.90 Å². The summed E-state index contributed by atoms with van der Waals surface area (Å²) >= 11 is 3.52. The monoisotopic (exact) mass is 338 g/mol. The molecule has 1 unspecified atom stereocenters. The summed E-state index contributed by atoms with van der Waals surface area (Å²) < 4.78 is 1.16. The molecule has 20 heavy (non-hydrogen) atoms. The molecule has 0 aliphatic carbocycles. The molecule has 1 aliphatic heterocycles. The third kappa shape index (κ3) is 3.63. The van der Waals surface area contributed by atoms with Crippen LogP contribution in [0.25, 0.3) is 0 Å². The highest BCUT2D eigenvalue weighted by Gasteiger charge is 2.32. The largest absolute Gasteiger partial charge is 0.310 e. The van der Waals surface area contributed by atoms with E-state index in [-0.39, 0.29) is 0 Å². The quantitative estimate of drug-likeness (QED) is 0.877. The molecule has 1 N–H and O–H groups in total. The molecule has 0 amide bonds. The van der Waals surface area contributed by atoms with Crippen LogP contribution in [0.3, 0.4) is 0 Å². The Labute approximate surface area is 132 Å². The number of hydrogen-bond donors (Lipinski definition) is 1. The number of hydrogen-bond acceptors (Lipinski definition) is 2. The van der Waals surface area contributed by atoms with Crippen molar-refractivity contribution in [1.82, 2.24) is 10.2 Å². The minimum absolute atomic E-state index is 0.292. The first-order valence-corrected chi connectivity index (χ1v) is 8.64. The van der Waals surface area contributed by atoms with E-state index in [1.165, 1.54) is 31.4 Å². The van der Waals surface area contributed by atoms with Crippen molar-refractivity contribution in [2.75, 3.05) is 19.6 Å². The Morgan fingerprint density at radius 2 is 1.90 bits per heavy atom. The SMILES string of the molecule is CCC1(CC)CN(C(C)c2ccc(Br)cc2)CCCN1. The second-order valence-corrected chi connectivity index (χ2v) is 6.88. The van der Waals surface area contributed by atoms with Crippen molar-refractivity contribution in [1.29, 1.82) is 0 Å². The maximum atomic E-state index is 3.79. The molecule has 112 valence electrons. The standard InChI is InChI=1S/C17H27BrN2/c1-4-17(5-2)13-20(12-6-11-19-17)14(3)15-7-9-16(18)10-8-15/h7-10,14,19H,4-6,11-13H2,1-3H3. The van der Waals surface area contributed by atoms with Crippen molar-refractivity contribution < 1.29 is 0 Å². The van der Waals surface area contributed by atoms with Crippen LogP contribution in [0.1, 0.15) is 51.6 Å². The van der Waals surface area contributed by atoms with Gasteiger partial charge in [-0.2, -0.15) is 0 Å². The molecule has 0 saturated carbocycles. The highest BCUT2D eigenvalue weighted by Crippen LogP contribution is 2.28. The van der Waals surface area contributed by atoms with Gasteiger partial charge in [0.25, 0.3) is 0 Å². The van der Waals surface area contributed by atoms with Crippen LogP contribution >= 0.6 is 15.9 Å². The lowest BCUT2D eigenvalue weighted by atomic mass is 9.91. The molecule has 1 atom stereocenters. The Bertz CT molecular complexity index is 412. The van der Waals surface area contributed by atoms with Crippen molar-refractivity contribution >= 4 is 15.9 Å². The van der Waals surface area contributed by atoms with Gasteiger partial charge in [0.15, 0.2) is 0 Å². The predicted octanol–water partition coefficient (Wildman–Crippen LogP) is 4.36. The third-order valence-electron chi connectivity index (χ3n) is 4.88. The van der Waals surface area contributed by atoms with E-state index in [2.05, 4.69) is 71.2 Å². The molecule has 0 spiro atoms. The topological polar surface area (TPSA) is 15.3 Å². The van der Waals surface area contributed by atoms with Crippen LogP contribution < -0.4 is 5.32 Å². The smallest absolute Gasteiger partial charge is 0.0320 e. The molecule has 0 radical (unpaired) electrons. The van der Waals surface area contributed by atoms with Gasteiger partial charge in [-0.1, -0.05) is 41.9 Å². The van der Waals surface area contributed by atoms with Gasteiger partial charge in [0.1, 0.15) is 0 Å². The van der Waals surface area contributed by atoms with Gasteiger partial charge < -0.3 is 5.32 Å². The fourth-order valence-electron chi connectivity index (χ4n) is 3.17. The minimum atomic E-state index is 0.292. The highest BCUT2D eigenvalue weighted by molar-refractivity contribution is 9.10. The summed E-state index contributed by atoms with van der Waals surface area (Å²) in [5.74, 6) is 0. The summed E-state index contributed by atoms with van der Waals surface area (Å²) in [7, 11) is 0. The Balaban J connectivity index is 2.15. The van der Waals surface area contributed by atoms with Crippen molar-refractivity contribution in [3.05, 3.63) is 34.3 Å². The summed E-state index contributed by atoms with van der Waals surface area (Å²) in [4.78, 5) is 2.65. The van der Waals surface area contributed by atoms with Crippen LogP contribution in [0, 0.1) is 0 Å². The van der Waals surface area contributed by atoms with E-state index in [1.807, 2.05) is 0 Å². The molecular weight excluding hydrogens is 312 g/mol. The minimum Gasteiger partial charge on any atom is -0.310 e. The Hall–Kier alpha value is -0.380. The lowest BCUT2D eigenvalue weighted by Gasteiger charge is -2.38. The summed E-state index contributed by atoms with van der Waals surface area (Å²) in [6, 6.07) is 9.27. The van der Waals surface area contributed by atoms with Gasteiger partial charge in [-0.15, -0.1) is 0 Å². The highest BCUT2D eigenvalue weighted by atomic mass is 79.9. The zero-order chi connectivity index (χ0) is 14.6. The number of nitrogens with one attached hydrogen (secondary N) is 1. The number of benzene rings is 1. The second kappa shape index (κ2) is 7.06. The van der Waals surface area contributed by atoms with Crippen LogP contribution in [0.15, 0.2) is 28.7 Å². The van der Waals surface area contributed by atoms with Crippen LogP contribution in [-0.4, -0.2) is 30.1 Å². The zero-order valence-electron chi connectivity index (χ0n) is 13.0. The Kier molecular flexibility index (Phi) is 5.65. The summed E-state index contributed by atoms with van der Waals surface area (Å²) in [5, 5.41) is 3.79. The Morgan fingerprint density at radius 3 is 2.50 bits per heavy atom. The average Bonchev–Trinajstić information content (AvgIpc) is 2.70. The van der Waals surface area contributed by atoms with Gasteiger partial charge in [0.05, 0.1) is 0 Å². The number of rotatable bonds is 4. The van der Waals surface area contributed by atoms with Gasteiger partial charge in [-0.25, -0.2) is 0 Å². The molecule has 1 aromatic carbocycles. The summed E-state index contributed by atoms with van der Waals surface area (Å²) in [6.07, 6.45) is 3.64. The molecular formula is C17H27BrN2. The first-order chi connectivity index (χ1) is 9.60. The zero-order valence-corrected chi connectivity index (χ0v) is 14.5. The predicted molar refractivity (Wildman–Crippen MR) is 90.1 cm³/mol. The van der Waals surface area contributed by atoms with Gasteiger partial charge in [0, 0.05) is 29.1 Å². The van der Waals surface area contributed by atoms with Gasteiger partial charge >= 0.3 is 0 Å². The molecule has 3 heteroatoms. The van der Waals surface area contributed by atoms with Gasteiger partial charge in [0.2, 0.25) is 0 Å². The molecule has 0 aromatic heterocycles. The van der Waals surface area contributed by atoms with Crippen LogP contribution in [0.2, 0.25) is 0 Å². The second-order valence-electron chi connectivity index (χ2n) is 5.97. The van der Waals surface area contributed by atoms with E-state index >= 15 is 0 Å². The average molecular weight is 339 g/mol. The first kappa shape index (κ1) is 16.0. The molecule has 2 rings (SSSR count). The van der Waals surface area contributed by atoms with Crippen LogP contribution in [0.4, 0.5) is 0 Å². The van der Waals surface area contributed by atoms with E-state index in [0.717, 1.165) is 17.6 Å². The van der Waals surface area contributed by atoms with E-state index in [0.29, 0.717) is 11.6 Å². The fraction of sp³-hybridized carbons (Fsp3) is 0.647. The number of nitrogens with zero attached hydrogens (tertiary/aromatic N) is 1. The van der Waals surface area contributed by atoms with Crippen molar-refractivity contribution in [2.24, 2.45) is 0 Å². The number of halogens is 1. The Morgan fingerprint density at radius 1 is 1.25 bits per heavy atom. The normalized spacial score (nSPS) is 21.4. The fourth-order valence-corrected chi connectivity index (χ4v) is 3.43. The lowest BCUT2D eigenvalue weighted by Crippen LogP contribution is -2.51. The van der Waals surface area contributed by atoms with E-state index in [1.54, 1.807) is 0 Å². The van der Waals surface area contributed by atoms with E-state index < -0.39 is 0 Å².